The van der Waals surface area contributed by atoms with E-state index in [2.05, 4.69) is 4.90 Å². The van der Waals surface area contributed by atoms with Crippen LogP contribution in [-0.4, -0.2) is 91.3 Å². The molecule has 4 rings (SSSR count). The van der Waals surface area contributed by atoms with Gasteiger partial charge in [0.2, 0.25) is 5.91 Å². The molecule has 0 aliphatic carbocycles. The maximum atomic E-state index is 12.6. The molecule has 3 aliphatic rings. The van der Waals surface area contributed by atoms with Gasteiger partial charge in [-0.1, -0.05) is 30.3 Å². The Labute approximate surface area is 166 Å². The molecule has 2 atom stereocenters. The zero-order valence-electron chi connectivity index (χ0n) is 16.3. The molecule has 3 heterocycles. The molecule has 2 amide bonds. The number of carbonyl (C=O) groups excluding carboxylic acids is 2. The fraction of sp³-hybridized carbons (Fsp3) is 0.619. The number of morpholine rings is 1. The smallest absolute Gasteiger partial charge is 0.410 e. The molecule has 1 aromatic rings. The van der Waals surface area contributed by atoms with Gasteiger partial charge in [0.1, 0.15) is 6.10 Å². The number of fused-ring (bicyclic) bond motifs is 1. The number of likely N-dealkylation sites (tertiary alicyclic amines) is 1. The first kappa shape index (κ1) is 19.2. The summed E-state index contributed by atoms with van der Waals surface area (Å²) < 4.78 is 10.9. The number of benzene rings is 1. The standard InChI is InChI=1S/C21H29N3O4/c25-20(8-7-17-5-2-1-3-6-17)23-15-18-19(16-23)28-21(26)24(18)10-4-9-22-11-13-27-14-12-22/h1-3,5-6,18-19H,4,7-16H2/t18-,19+/m1/s1. The van der Waals surface area contributed by atoms with Gasteiger partial charge in [-0.25, -0.2) is 4.79 Å². The molecule has 0 unspecified atom stereocenters. The van der Waals surface area contributed by atoms with E-state index < -0.39 is 0 Å². The highest BCUT2D eigenvalue weighted by Gasteiger charge is 2.48. The number of hydrogen-bond acceptors (Lipinski definition) is 5. The van der Waals surface area contributed by atoms with Crippen LogP contribution in [0.1, 0.15) is 18.4 Å². The third kappa shape index (κ3) is 4.47. The SMILES string of the molecule is O=C(CCc1ccccc1)N1C[C@@H]2OC(=O)N(CCCN3CCOCC3)[C@@H]2C1. The van der Waals surface area contributed by atoms with Crippen molar-refractivity contribution in [1.29, 1.82) is 0 Å². The lowest BCUT2D eigenvalue weighted by molar-refractivity contribution is -0.130. The molecular weight excluding hydrogens is 358 g/mol. The molecule has 7 heteroatoms. The van der Waals surface area contributed by atoms with Gasteiger partial charge in [0.05, 0.1) is 25.8 Å². The Bertz CT molecular complexity index is 677. The summed E-state index contributed by atoms with van der Waals surface area (Å²) in [6.07, 6.45) is 1.74. The minimum atomic E-state index is -0.228. The maximum Gasteiger partial charge on any atom is 0.410 e. The second kappa shape index (κ2) is 8.92. The lowest BCUT2D eigenvalue weighted by Gasteiger charge is -2.28. The molecule has 0 bridgehead atoms. The lowest BCUT2D eigenvalue weighted by atomic mass is 10.1. The number of amides is 2. The second-order valence-electron chi connectivity index (χ2n) is 7.77. The van der Waals surface area contributed by atoms with Gasteiger partial charge in [0.15, 0.2) is 0 Å². The fourth-order valence-corrected chi connectivity index (χ4v) is 4.31. The van der Waals surface area contributed by atoms with Crippen molar-refractivity contribution in [3.8, 4) is 0 Å². The van der Waals surface area contributed by atoms with Crippen LogP contribution in [0.4, 0.5) is 4.79 Å². The summed E-state index contributed by atoms with van der Waals surface area (Å²) in [5.41, 5.74) is 1.17. The van der Waals surface area contributed by atoms with E-state index in [1.165, 1.54) is 5.56 Å². The summed E-state index contributed by atoms with van der Waals surface area (Å²) in [6, 6.07) is 10.1. The van der Waals surface area contributed by atoms with Crippen molar-refractivity contribution in [2.24, 2.45) is 0 Å². The normalized spacial score (nSPS) is 25.1. The Hall–Kier alpha value is -2.12. The molecular formula is C21H29N3O4. The quantitative estimate of drug-likeness (QED) is 0.707. The number of aryl methyl sites for hydroxylation is 1. The van der Waals surface area contributed by atoms with Crippen LogP contribution in [0.25, 0.3) is 0 Å². The summed E-state index contributed by atoms with van der Waals surface area (Å²) in [5.74, 6) is 0.141. The van der Waals surface area contributed by atoms with Gasteiger partial charge in [-0.15, -0.1) is 0 Å². The van der Waals surface area contributed by atoms with Crippen LogP contribution in [0.3, 0.4) is 0 Å². The van der Waals surface area contributed by atoms with E-state index in [1.807, 2.05) is 40.1 Å². The first-order valence-corrected chi connectivity index (χ1v) is 10.3. The summed E-state index contributed by atoms with van der Waals surface area (Å²) in [5, 5.41) is 0. The van der Waals surface area contributed by atoms with Gasteiger partial charge in [-0.2, -0.15) is 0 Å². The average molecular weight is 387 g/mol. The minimum absolute atomic E-state index is 0.00198. The van der Waals surface area contributed by atoms with Crippen LogP contribution in [-0.2, 0) is 20.7 Å². The van der Waals surface area contributed by atoms with Crippen LogP contribution in [0.2, 0.25) is 0 Å². The minimum Gasteiger partial charge on any atom is -0.442 e. The van der Waals surface area contributed by atoms with Gasteiger partial charge in [0.25, 0.3) is 0 Å². The van der Waals surface area contributed by atoms with Crippen molar-refractivity contribution in [3.63, 3.8) is 0 Å². The number of carbonyl (C=O) groups is 2. The Kier molecular flexibility index (Phi) is 6.12. The second-order valence-corrected chi connectivity index (χ2v) is 7.77. The Balaban J connectivity index is 1.24. The number of hydrogen-bond donors (Lipinski definition) is 0. The van der Waals surface area contributed by atoms with E-state index in [4.69, 9.17) is 9.47 Å². The third-order valence-electron chi connectivity index (χ3n) is 5.92. The molecule has 7 nitrogen and oxygen atoms in total. The van der Waals surface area contributed by atoms with Gasteiger partial charge >= 0.3 is 6.09 Å². The summed E-state index contributed by atoms with van der Waals surface area (Å²) in [4.78, 5) is 30.9. The van der Waals surface area contributed by atoms with Gasteiger partial charge < -0.3 is 14.4 Å². The van der Waals surface area contributed by atoms with E-state index in [1.54, 1.807) is 0 Å². The largest absolute Gasteiger partial charge is 0.442 e. The molecule has 1 aromatic carbocycles. The fourth-order valence-electron chi connectivity index (χ4n) is 4.31. The summed E-state index contributed by atoms with van der Waals surface area (Å²) in [6.45, 7) is 6.24. The topological polar surface area (TPSA) is 62.3 Å². The van der Waals surface area contributed by atoms with E-state index >= 15 is 0 Å². The Morgan fingerprint density at radius 1 is 1.07 bits per heavy atom. The molecule has 0 spiro atoms. The van der Waals surface area contributed by atoms with Gasteiger partial charge in [0, 0.05) is 39.1 Å². The van der Waals surface area contributed by atoms with Crippen LogP contribution in [0, 0.1) is 0 Å². The third-order valence-corrected chi connectivity index (χ3v) is 5.92. The van der Waals surface area contributed by atoms with Crippen molar-refractivity contribution in [2.75, 3.05) is 52.5 Å². The average Bonchev–Trinajstić information content (AvgIpc) is 3.26. The van der Waals surface area contributed by atoms with Crippen LogP contribution in [0.5, 0.6) is 0 Å². The predicted molar refractivity (Wildman–Crippen MR) is 104 cm³/mol. The highest BCUT2D eigenvalue weighted by molar-refractivity contribution is 5.78. The molecule has 0 aromatic heterocycles. The van der Waals surface area contributed by atoms with Crippen molar-refractivity contribution in [1.82, 2.24) is 14.7 Å². The first-order valence-electron chi connectivity index (χ1n) is 10.3. The zero-order chi connectivity index (χ0) is 19.3. The van der Waals surface area contributed by atoms with Crippen LogP contribution >= 0.6 is 0 Å². The Morgan fingerprint density at radius 3 is 2.64 bits per heavy atom. The molecule has 3 aliphatic heterocycles. The zero-order valence-corrected chi connectivity index (χ0v) is 16.3. The molecule has 28 heavy (non-hydrogen) atoms. The van der Waals surface area contributed by atoms with Crippen molar-refractivity contribution in [3.05, 3.63) is 35.9 Å². The van der Waals surface area contributed by atoms with Gasteiger partial charge in [-0.05, 0) is 18.4 Å². The first-order chi connectivity index (χ1) is 13.7. The van der Waals surface area contributed by atoms with Crippen molar-refractivity contribution < 1.29 is 19.1 Å². The molecule has 0 N–H and O–H groups in total. The number of rotatable bonds is 7. The molecule has 0 radical (unpaired) electrons. The number of ether oxygens (including phenoxy) is 2. The van der Waals surface area contributed by atoms with Crippen LogP contribution in [0.15, 0.2) is 30.3 Å². The summed E-state index contributed by atoms with van der Waals surface area (Å²) >= 11 is 0. The van der Waals surface area contributed by atoms with Crippen molar-refractivity contribution >= 4 is 12.0 Å². The van der Waals surface area contributed by atoms with E-state index in [-0.39, 0.29) is 24.1 Å². The van der Waals surface area contributed by atoms with E-state index in [9.17, 15) is 9.59 Å². The highest BCUT2D eigenvalue weighted by Crippen LogP contribution is 2.27. The van der Waals surface area contributed by atoms with Gasteiger partial charge in [-0.3, -0.25) is 14.6 Å². The summed E-state index contributed by atoms with van der Waals surface area (Å²) in [7, 11) is 0. The molecule has 152 valence electrons. The number of nitrogens with zero attached hydrogens (tertiary/aromatic N) is 3. The maximum absolute atomic E-state index is 12.6. The monoisotopic (exact) mass is 387 g/mol. The lowest BCUT2D eigenvalue weighted by Crippen LogP contribution is -2.42. The molecule has 0 saturated carbocycles. The predicted octanol–water partition coefficient (Wildman–Crippen LogP) is 1.37. The molecule has 3 saturated heterocycles. The van der Waals surface area contributed by atoms with Crippen LogP contribution < -0.4 is 0 Å². The highest BCUT2D eigenvalue weighted by atomic mass is 16.6. The van der Waals surface area contributed by atoms with E-state index in [0.717, 1.165) is 45.7 Å². The Morgan fingerprint density at radius 2 is 1.86 bits per heavy atom. The van der Waals surface area contributed by atoms with Crippen molar-refractivity contribution in [2.45, 2.75) is 31.4 Å². The van der Waals surface area contributed by atoms with E-state index in [0.29, 0.717) is 26.1 Å². The molecule has 3 fully saturated rings.